The summed E-state index contributed by atoms with van der Waals surface area (Å²) in [5.74, 6) is -0.408. The molecule has 0 saturated heterocycles. The van der Waals surface area contributed by atoms with E-state index in [1.165, 1.54) is 0 Å². The summed E-state index contributed by atoms with van der Waals surface area (Å²) in [4.78, 5) is 21.3. The monoisotopic (exact) mass is 371 g/mol. The van der Waals surface area contributed by atoms with Crippen LogP contribution in [0.5, 0.6) is 0 Å². The lowest BCUT2D eigenvalue weighted by Crippen LogP contribution is -2.08. The smallest absolute Gasteiger partial charge is 0.307 e. The van der Waals surface area contributed by atoms with Gasteiger partial charge < -0.3 is 10.8 Å². The number of hydrogen-bond donors (Lipinski definition) is 2. The van der Waals surface area contributed by atoms with Crippen molar-refractivity contribution >= 4 is 17.4 Å². The number of nitrogens with two attached hydrogens (primary N) is 1. The van der Waals surface area contributed by atoms with Crippen LogP contribution in [-0.2, 0) is 35.4 Å². The lowest BCUT2D eigenvalue weighted by atomic mass is 10.1. The summed E-state index contributed by atoms with van der Waals surface area (Å²) in [5, 5.41) is 13.7. The second kappa shape index (κ2) is 8.37. The van der Waals surface area contributed by atoms with Crippen LogP contribution in [0.2, 0.25) is 0 Å². The van der Waals surface area contributed by atoms with E-state index >= 15 is 0 Å². The molecule has 1 aliphatic carbocycles. The van der Waals surface area contributed by atoms with E-state index in [0.29, 0.717) is 12.3 Å². The first-order valence-electron chi connectivity index (χ1n) is 9.34. The van der Waals surface area contributed by atoms with E-state index in [1.54, 1.807) is 0 Å². The van der Waals surface area contributed by atoms with E-state index in [2.05, 4.69) is 5.10 Å². The lowest BCUT2D eigenvalue weighted by molar-refractivity contribution is -0.136. The number of Topliss-reactive ketones (excluding diaryl/α,β-unsaturated/α-hetero) is 1. The first-order chi connectivity index (χ1) is 12.7. The molecular formula is C21H29N3O3. The molecule has 1 fully saturated rings. The van der Waals surface area contributed by atoms with Crippen LogP contribution in [0, 0.1) is 5.41 Å². The highest BCUT2D eigenvalue weighted by Gasteiger charge is 2.43. The summed E-state index contributed by atoms with van der Waals surface area (Å²) in [6.07, 6.45) is 2.34. The second-order valence-corrected chi connectivity index (χ2v) is 7.53. The zero-order valence-corrected chi connectivity index (χ0v) is 16.6. The van der Waals surface area contributed by atoms with E-state index in [4.69, 9.17) is 10.8 Å². The SMILES string of the molecule is CC1(C)CC1=O.CCc1nn(Cc2ccc(N)cc2)c(CC)c1CC(=O)O. The zero-order valence-electron chi connectivity index (χ0n) is 16.6. The van der Waals surface area contributed by atoms with Crippen molar-refractivity contribution in [2.75, 3.05) is 5.73 Å². The van der Waals surface area contributed by atoms with Gasteiger partial charge in [-0.05, 0) is 30.5 Å². The van der Waals surface area contributed by atoms with Crippen molar-refractivity contribution in [2.45, 2.75) is 59.9 Å². The number of carbonyl (C=O) groups excluding carboxylic acids is 1. The molecule has 27 heavy (non-hydrogen) atoms. The average molecular weight is 371 g/mol. The number of nitrogen functional groups attached to an aromatic ring is 1. The molecular weight excluding hydrogens is 342 g/mol. The maximum Gasteiger partial charge on any atom is 0.307 e. The van der Waals surface area contributed by atoms with Crippen LogP contribution in [0.4, 0.5) is 5.69 Å². The number of rotatable bonds is 6. The number of carboxylic acid groups (broad SMARTS) is 1. The molecule has 0 amide bonds. The van der Waals surface area contributed by atoms with Crippen molar-refractivity contribution in [3.05, 3.63) is 46.8 Å². The van der Waals surface area contributed by atoms with E-state index in [0.717, 1.165) is 47.5 Å². The number of anilines is 1. The van der Waals surface area contributed by atoms with Gasteiger partial charge in [0.1, 0.15) is 5.78 Å². The minimum Gasteiger partial charge on any atom is -0.481 e. The molecule has 6 nitrogen and oxygen atoms in total. The third-order valence-electron chi connectivity index (χ3n) is 4.79. The van der Waals surface area contributed by atoms with Gasteiger partial charge in [0.15, 0.2) is 0 Å². The molecule has 1 aliphatic rings. The van der Waals surface area contributed by atoms with Crippen LogP contribution in [0.15, 0.2) is 24.3 Å². The molecule has 2 aromatic rings. The van der Waals surface area contributed by atoms with Crippen LogP contribution in [0.1, 0.15) is 56.6 Å². The predicted molar refractivity (Wildman–Crippen MR) is 106 cm³/mol. The summed E-state index contributed by atoms with van der Waals surface area (Å²) < 4.78 is 1.92. The highest BCUT2D eigenvalue weighted by molar-refractivity contribution is 5.99. The van der Waals surface area contributed by atoms with Gasteiger partial charge in [0.2, 0.25) is 0 Å². The van der Waals surface area contributed by atoms with E-state index in [1.807, 2.05) is 56.6 Å². The fourth-order valence-electron chi connectivity index (χ4n) is 2.91. The maximum atomic E-state index is 11.1. The van der Waals surface area contributed by atoms with Crippen LogP contribution >= 0.6 is 0 Å². The summed E-state index contributed by atoms with van der Waals surface area (Å²) >= 11 is 0. The zero-order chi connectivity index (χ0) is 20.2. The maximum absolute atomic E-state index is 11.1. The van der Waals surface area contributed by atoms with E-state index in [9.17, 15) is 9.59 Å². The van der Waals surface area contributed by atoms with Gasteiger partial charge in [0.25, 0.3) is 0 Å². The van der Waals surface area contributed by atoms with Gasteiger partial charge >= 0.3 is 5.97 Å². The molecule has 0 atom stereocenters. The van der Waals surface area contributed by atoms with E-state index in [-0.39, 0.29) is 11.8 Å². The van der Waals surface area contributed by atoms with Gasteiger partial charge in [0, 0.05) is 28.8 Å². The fraction of sp³-hybridized carbons (Fsp3) is 0.476. The van der Waals surface area contributed by atoms with Crippen molar-refractivity contribution in [3.63, 3.8) is 0 Å². The Morgan fingerprint density at radius 1 is 1.22 bits per heavy atom. The number of aromatic nitrogens is 2. The van der Waals surface area contributed by atoms with Crippen LogP contribution in [-0.4, -0.2) is 26.6 Å². The Bertz CT molecular complexity index is 820. The Balaban J connectivity index is 0.000000369. The van der Waals surface area contributed by atoms with Crippen molar-refractivity contribution in [1.82, 2.24) is 9.78 Å². The standard InChI is InChI=1S/C16H21N3O2.C5H8O/c1-3-14-13(9-16(20)21)15(4-2)19(18-14)10-11-5-7-12(17)8-6-11;1-5(2)3-4(5)6/h5-8H,3-4,9-10,17H2,1-2H3,(H,20,21);3H2,1-2H3. The Morgan fingerprint density at radius 3 is 2.19 bits per heavy atom. The molecule has 1 heterocycles. The topological polar surface area (TPSA) is 98.2 Å². The molecule has 1 saturated carbocycles. The summed E-state index contributed by atoms with van der Waals surface area (Å²) in [6.45, 7) is 8.60. The Kier molecular flexibility index (Phi) is 6.41. The minimum atomic E-state index is -0.813. The molecule has 0 aliphatic heterocycles. The number of ketones is 1. The summed E-state index contributed by atoms with van der Waals surface area (Å²) in [5.41, 5.74) is 10.3. The minimum absolute atomic E-state index is 0.0358. The third-order valence-corrected chi connectivity index (χ3v) is 4.79. The summed E-state index contributed by atoms with van der Waals surface area (Å²) in [7, 11) is 0. The molecule has 1 aromatic heterocycles. The number of nitrogens with zero attached hydrogens (tertiary/aromatic N) is 2. The van der Waals surface area contributed by atoms with Crippen molar-refractivity contribution in [3.8, 4) is 0 Å². The molecule has 3 N–H and O–H groups in total. The molecule has 0 unspecified atom stereocenters. The molecule has 146 valence electrons. The second-order valence-electron chi connectivity index (χ2n) is 7.53. The van der Waals surface area contributed by atoms with Crippen molar-refractivity contribution in [1.29, 1.82) is 0 Å². The van der Waals surface area contributed by atoms with Crippen molar-refractivity contribution in [2.24, 2.45) is 5.41 Å². The number of aryl methyl sites for hydroxylation is 1. The third kappa shape index (κ3) is 5.42. The van der Waals surface area contributed by atoms with Gasteiger partial charge in [-0.25, -0.2) is 0 Å². The number of hydrogen-bond acceptors (Lipinski definition) is 4. The quantitative estimate of drug-likeness (QED) is 0.760. The number of carboxylic acids is 1. The number of aliphatic carboxylic acids is 1. The highest BCUT2D eigenvalue weighted by atomic mass is 16.4. The van der Waals surface area contributed by atoms with Crippen LogP contribution < -0.4 is 5.73 Å². The molecule has 3 rings (SSSR count). The number of carbonyl (C=O) groups is 2. The van der Waals surface area contributed by atoms with Crippen molar-refractivity contribution < 1.29 is 14.7 Å². The van der Waals surface area contributed by atoms with Gasteiger partial charge in [-0.15, -0.1) is 0 Å². The first-order valence-corrected chi connectivity index (χ1v) is 9.34. The van der Waals surface area contributed by atoms with Gasteiger partial charge in [-0.3, -0.25) is 14.3 Å². The van der Waals surface area contributed by atoms with Crippen LogP contribution in [0.3, 0.4) is 0 Å². The molecule has 0 radical (unpaired) electrons. The van der Waals surface area contributed by atoms with Gasteiger partial charge in [-0.2, -0.15) is 5.10 Å². The largest absolute Gasteiger partial charge is 0.481 e. The normalized spacial score (nSPS) is 14.4. The van der Waals surface area contributed by atoms with Crippen LogP contribution in [0.25, 0.3) is 0 Å². The predicted octanol–water partition coefficient (Wildman–Crippen LogP) is 3.25. The Morgan fingerprint density at radius 2 is 1.78 bits per heavy atom. The molecule has 0 bridgehead atoms. The molecule has 6 heteroatoms. The number of benzene rings is 1. The summed E-state index contributed by atoms with van der Waals surface area (Å²) in [6, 6.07) is 7.67. The van der Waals surface area contributed by atoms with Gasteiger partial charge in [0.05, 0.1) is 18.7 Å². The fourth-order valence-corrected chi connectivity index (χ4v) is 2.91. The Labute approximate surface area is 160 Å². The van der Waals surface area contributed by atoms with E-state index < -0.39 is 5.97 Å². The Hall–Kier alpha value is -2.63. The lowest BCUT2D eigenvalue weighted by Gasteiger charge is -2.08. The molecule has 1 aromatic carbocycles. The van der Waals surface area contributed by atoms with Gasteiger partial charge in [-0.1, -0.05) is 39.8 Å². The molecule has 0 spiro atoms. The highest BCUT2D eigenvalue weighted by Crippen LogP contribution is 2.38. The first kappa shape index (κ1) is 20.7. The average Bonchev–Trinajstić information content (AvgIpc) is 3.01.